The van der Waals surface area contributed by atoms with Gasteiger partial charge in [0.05, 0.1) is 18.9 Å². The number of benzene rings is 1. The average molecular weight is 334 g/mol. The maximum Gasteiger partial charge on any atom is 0.337 e. The molecular formula is C17H14N6O2. The molecule has 0 bridgehead atoms. The highest BCUT2D eigenvalue weighted by Gasteiger charge is 2.11. The zero-order chi connectivity index (χ0) is 17.2. The lowest BCUT2D eigenvalue weighted by Crippen LogP contribution is -2.01. The smallest absolute Gasteiger partial charge is 0.337 e. The molecule has 4 aromatic rings. The van der Waals surface area contributed by atoms with E-state index in [1.807, 2.05) is 24.5 Å². The largest absolute Gasteiger partial charge is 0.465 e. The molecule has 0 fully saturated rings. The molecular weight excluding hydrogens is 320 g/mol. The Kier molecular flexibility index (Phi) is 3.62. The van der Waals surface area contributed by atoms with Gasteiger partial charge >= 0.3 is 5.97 Å². The summed E-state index contributed by atoms with van der Waals surface area (Å²) >= 11 is 0. The van der Waals surface area contributed by atoms with E-state index in [1.54, 1.807) is 35.0 Å². The van der Waals surface area contributed by atoms with Crippen LogP contribution >= 0.6 is 0 Å². The van der Waals surface area contributed by atoms with Gasteiger partial charge in [-0.05, 0) is 36.4 Å². The molecule has 3 heterocycles. The van der Waals surface area contributed by atoms with Gasteiger partial charge in [-0.3, -0.25) is 5.10 Å². The first-order valence-electron chi connectivity index (χ1n) is 7.54. The molecule has 0 amide bonds. The van der Waals surface area contributed by atoms with Crippen molar-refractivity contribution in [2.75, 3.05) is 12.4 Å². The van der Waals surface area contributed by atoms with Gasteiger partial charge in [-0.25, -0.2) is 9.31 Å². The molecule has 2 N–H and O–H groups in total. The third-order valence-electron chi connectivity index (χ3n) is 3.73. The van der Waals surface area contributed by atoms with Gasteiger partial charge < -0.3 is 10.1 Å². The van der Waals surface area contributed by atoms with Crippen molar-refractivity contribution in [1.29, 1.82) is 0 Å². The fraction of sp³-hybridized carbons (Fsp3) is 0.0588. The summed E-state index contributed by atoms with van der Waals surface area (Å²) in [5.41, 5.74) is 3.84. The van der Waals surface area contributed by atoms with Crippen LogP contribution in [0.15, 0.2) is 55.0 Å². The van der Waals surface area contributed by atoms with Crippen LogP contribution in [0, 0.1) is 0 Å². The first kappa shape index (κ1) is 14.9. The van der Waals surface area contributed by atoms with E-state index in [9.17, 15) is 4.79 Å². The van der Waals surface area contributed by atoms with Crippen molar-refractivity contribution in [2.45, 2.75) is 0 Å². The first-order valence-corrected chi connectivity index (χ1v) is 7.54. The van der Waals surface area contributed by atoms with Gasteiger partial charge in [0, 0.05) is 29.2 Å². The van der Waals surface area contributed by atoms with Gasteiger partial charge in [-0.1, -0.05) is 0 Å². The Morgan fingerprint density at radius 3 is 2.80 bits per heavy atom. The van der Waals surface area contributed by atoms with Gasteiger partial charge in [0.25, 0.3) is 0 Å². The van der Waals surface area contributed by atoms with E-state index in [4.69, 9.17) is 0 Å². The minimum absolute atomic E-state index is 0.373. The summed E-state index contributed by atoms with van der Waals surface area (Å²) in [7, 11) is 1.35. The highest BCUT2D eigenvalue weighted by molar-refractivity contribution is 5.89. The van der Waals surface area contributed by atoms with Crippen LogP contribution in [0.4, 0.5) is 11.6 Å². The summed E-state index contributed by atoms with van der Waals surface area (Å²) in [4.78, 5) is 16.0. The molecule has 0 aliphatic carbocycles. The first-order chi connectivity index (χ1) is 12.2. The van der Waals surface area contributed by atoms with Crippen LogP contribution in [-0.4, -0.2) is 37.9 Å². The molecule has 25 heavy (non-hydrogen) atoms. The third kappa shape index (κ3) is 2.80. The predicted octanol–water partition coefficient (Wildman–Crippen LogP) is 2.65. The maximum absolute atomic E-state index is 11.5. The quantitative estimate of drug-likeness (QED) is 0.557. The van der Waals surface area contributed by atoms with Crippen LogP contribution in [0.3, 0.4) is 0 Å². The SMILES string of the molecule is COC(=O)c1ccc(Nc2nc3c(-c4cn[nH]c4)cccn3n2)cc1. The second-order valence-corrected chi connectivity index (χ2v) is 5.31. The molecule has 0 saturated heterocycles. The Balaban J connectivity index is 1.64. The summed E-state index contributed by atoms with van der Waals surface area (Å²) in [6.45, 7) is 0. The number of aromatic amines is 1. The molecule has 1 aromatic carbocycles. The molecule has 0 saturated carbocycles. The maximum atomic E-state index is 11.5. The monoisotopic (exact) mass is 334 g/mol. The Labute approximate surface area is 142 Å². The molecule has 0 atom stereocenters. The number of esters is 1. The summed E-state index contributed by atoms with van der Waals surface area (Å²) in [5, 5.41) is 14.3. The second kappa shape index (κ2) is 6.08. The predicted molar refractivity (Wildman–Crippen MR) is 91.6 cm³/mol. The van der Waals surface area contributed by atoms with Gasteiger partial charge in [0.2, 0.25) is 5.95 Å². The van der Waals surface area contributed by atoms with E-state index in [-0.39, 0.29) is 5.97 Å². The van der Waals surface area contributed by atoms with Crippen LogP contribution in [0.5, 0.6) is 0 Å². The fourth-order valence-corrected chi connectivity index (χ4v) is 2.52. The van der Waals surface area contributed by atoms with E-state index >= 15 is 0 Å². The number of carbonyl (C=O) groups is 1. The number of nitrogens with one attached hydrogen (secondary N) is 2. The zero-order valence-electron chi connectivity index (χ0n) is 13.3. The van der Waals surface area contributed by atoms with Gasteiger partial charge in [0.15, 0.2) is 5.65 Å². The van der Waals surface area contributed by atoms with Gasteiger partial charge in [0.1, 0.15) is 0 Å². The molecule has 0 aliphatic rings. The molecule has 8 nitrogen and oxygen atoms in total. The fourth-order valence-electron chi connectivity index (χ4n) is 2.52. The Morgan fingerprint density at radius 1 is 1.24 bits per heavy atom. The van der Waals surface area contributed by atoms with Gasteiger partial charge in [-0.15, -0.1) is 5.10 Å². The number of pyridine rings is 1. The van der Waals surface area contributed by atoms with Crippen molar-refractivity contribution in [3.8, 4) is 11.1 Å². The molecule has 8 heteroatoms. The standard InChI is InChI=1S/C17H14N6O2/c1-25-16(24)11-4-6-13(7-5-11)20-17-21-15-14(12-9-18-19-10-12)3-2-8-23(15)22-17/h2-10H,1H3,(H,18,19)(H,20,22). The van der Waals surface area contributed by atoms with Gasteiger partial charge in [-0.2, -0.15) is 10.1 Å². The number of hydrogen-bond donors (Lipinski definition) is 2. The molecule has 3 aromatic heterocycles. The van der Waals surface area contributed by atoms with E-state index in [2.05, 4.69) is 30.3 Å². The minimum atomic E-state index is -0.373. The van der Waals surface area contributed by atoms with Crippen molar-refractivity contribution in [3.05, 3.63) is 60.6 Å². The summed E-state index contributed by atoms with van der Waals surface area (Å²) in [5.74, 6) is 0.0870. The highest BCUT2D eigenvalue weighted by Crippen LogP contribution is 2.24. The molecule has 4 rings (SSSR count). The summed E-state index contributed by atoms with van der Waals surface area (Å²) in [6.07, 6.45) is 5.38. The molecule has 0 aliphatic heterocycles. The van der Waals surface area contributed by atoms with Crippen LogP contribution in [0.1, 0.15) is 10.4 Å². The molecule has 0 unspecified atom stereocenters. The number of rotatable bonds is 4. The Bertz CT molecular complexity index is 1020. The lowest BCUT2D eigenvalue weighted by Gasteiger charge is -2.03. The summed E-state index contributed by atoms with van der Waals surface area (Å²) in [6, 6.07) is 10.8. The van der Waals surface area contributed by atoms with Crippen molar-refractivity contribution in [1.82, 2.24) is 24.8 Å². The van der Waals surface area contributed by atoms with Crippen LogP contribution in [0.25, 0.3) is 16.8 Å². The number of carbonyl (C=O) groups excluding carboxylic acids is 1. The van der Waals surface area contributed by atoms with E-state index in [1.165, 1.54) is 7.11 Å². The third-order valence-corrected chi connectivity index (χ3v) is 3.73. The number of hydrogen-bond acceptors (Lipinski definition) is 6. The van der Waals surface area contributed by atoms with E-state index in [0.29, 0.717) is 11.5 Å². The van der Waals surface area contributed by atoms with Crippen LogP contribution < -0.4 is 5.32 Å². The summed E-state index contributed by atoms with van der Waals surface area (Å²) < 4.78 is 6.39. The van der Waals surface area contributed by atoms with Crippen molar-refractivity contribution < 1.29 is 9.53 Å². The van der Waals surface area contributed by atoms with E-state index < -0.39 is 0 Å². The number of fused-ring (bicyclic) bond motifs is 1. The average Bonchev–Trinajstić information content (AvgIpc) is 3.30. The van der Waals surface area contributed by atoms with Crippen LogP contribution in [0.2, 0.25) is 0 Å². The zero-order valence-corrected chi connectivity index (χ0v) is 13.3. The number of H-pyrrole nitrogens is 1. The minimum Gasteiger partial charge on any atom is -0.465 e. The number of nitrogens with zero attached hydrogens (tertiary/aromatic N) is 4. The topological polar surface area (TPSA) is 97.2 Å². The second-order valence-electron chi connectivity index (χ2n) is 5.31. The van der Waals surface area contributed by atoms with Crippen LogP contribution in [-0.2, 0) is 4.74 Å². The number of anilines is 2. The Morgan fingerprint density at radius 2 is 2.08 bits per heavy atom. The molecule has 124 valence electrons. The van der Waals surface area contributed by atoms with E-state index in [0.717, 1.165) is 22.5 Å². The van der Waals surface area contributed by atoms with Crippen molar-refractivity contribution in [2.24, 2.45) is 0 Å². The molecule has 0 spiro atoms. The van der Waals surface area contributed by atoms with Crippen molar-refractivity contribution >= 4 is 23.3 Å². The number of aromatic nitrogens is 5. The highest BCUT2D eigenvalue weighted by atomic mass is 16.5. The van der Waals surface area contributed by atoms with Crippen molar-refractivity contribution in [3.63, 3.8) is 0 Å². The molecule has 0 radical (unpaired) electrons. The lowest BCUT2D eigenvalue weighted by atomic mass is 10.1. The lowest BCUT2D eigenvalue weighted by molar-refractivity contribution is 0.0601. The number of ether oxygens (including phenoxy) is 1. The Hall–Kier alpha value is -3.68. The normalized spacial score (nSPS) is 10.8. The number of methoxy groups -OCH3 is 1.